The molecule has 0 saturated carbocycles. The Morgan fingerprint density at radius 2 is 1.85 bits per heavy atom. The van der Waals surface area contributed by atoms with E-state index in [2.05, 4.69) is 5.92 Å². The normalized spacial score (nSPS) is 11.2. The van der Waals surface area contributed by atoms with Gasteiger partial charge in [-0.25, -0.2) is 0 Å². The van der Waals surface area contributed by atoms with E-state index in [-0.39, 0.29) is 0 Å². The van der Waals surface area contributed by atoms with Gasteiger partial charge in [0.1, 0.15) is 0 Å². The maximum atomic E-state index is 11.8. The number of terminal acetylenes is 1. The molecular formula is C9H17O3P. The summed E-state index contributed by atoms with van der Waals surface area (Å²) < 4.78 is 21.9. The monoisotopic (exact) mass is 204 g/mol. The molecule has 0 aliphatic heterocycles. The molecule has 0 bridgehead atoms. The molecule has 0 atom stereocenters. The van der Waals surface area contributed by atoms with Crippen LogP contribution in [0.2, 0.25) is 0 Å². The van der Waals surface area contributed by atoms with Gasteiger partial charge >= 0.3 is 7.60 Å². The van der Waals surface area contributed by atoms with Gasteiger partial charge in [0.2, 0.25) is 0 Å². The molecule has 0 aromatic heterocycles. The van der Waals surface area contributed by atoms with Gasteiger partial charge in [0.15, 0.2) is 0 Å². The summed E-state index contributed by atoms with van der Waals surface area (Å²) in [6, 6.07) is 0. The van der Waals surface area contributed by atoms with Crippen LogP contribution in [0, 0.1) is 12.3 Å². The van der Waals surface area contributed by atoms with Gasteiger partial charge in [-0.1, -0.05) is 0 Å². The molecule has 0 N–H and O–H groups in total. The first-order chi connectivity index (χ1) is 6.18. The predicted molar refractivity (Wildman–Crippen MR) is 53.8 cm³/mol. The van der Waals surface area contributed by atoms with Crippen molar-refractivity contribution in [2.75, 3.05) is 19.4 Å². The fourth-order valence-electron chi connectivity index (χ4n) is 0.935. The van der Waals surface area contributed by atoms with Crippen LogP contribution in [0.4, 0.5) is 0 Å². The fraction of sp³-hybridized carbons (Fsp3) is 0.778. The average Bonchev–Trinajstić information content (AvgIpc) is 2.05. The fourth-order valence-corrected chi connectivity index (χ4v) is 2.60. The summed E-state index contributed by atoms with van der Waals surface area (Å²) in [6.45, 7) is 4.42. The lowest BCUT2D eigenvalue weighted by Crippen LogP contribution is -1.99. The Kier molecular flexibility index (Phi) is 6.99. The molecule has 0 aliphatic carbocycles. The van der Waals surface area contributed by atoms with Crippen LogP contribution in [0.1, 0.15) is 26.7 Å². The molecule has 76 valence electrons. The highest BCUT2D eigenvalue weighted by atomic mass is 31.2. The first-order valence-electron chi connectivity index (χ1n) is 4.50. The smallest absolute Gasteiger partial charge is 0.309 e. The molecule has 0 saturated heterocycles. The topological polar surface area (TPSA) is 35.5 Å². The maximum absolute atomic E-state index is 11.8. The third-order valence-electron chi connectivity index (χ3n) is 1.40. The molecule has 0 aromatic carbocycles. The first-order valence-corrected chi connectivity index (χ1v) is 6.23. The van der Waals surface area contributed by atoms with Crippen LogP contribution >= 0.6 is 7.60 Å². The molecule has 3 nitrogen and oxygen atoms in total. The summed E-state index contributed by atoms with van der Waals surface area (Å²) >= 11 is 0. The van der Waals surface area contributed by atoms with Gasteiger partial charge in [0, 0.05) is 6.42 Å². The van der Waals surface area contributed by atoms with Crippen molar-refractivity contribution < 1.29 is 13.6 Å². The van der Waals surface area contributed by atoms with E-state index in [1.807, 2.05) is 0 Å². The summed E-state index contributed by atoms with van der Waals surface area (Å²) in [6.07, 6.45) is 6.80. The molecule has 0 aliphatic rings. The van der Waals surface area contributed by atoms with E-state index in [9.17, 15) is 4.57 Å². The molecule has 0 radical (unpaired) electrons. The molecule has 13 heavy (non-hydrogen) atoms. The van der Waals surface area contributed by atoms with Gasteiger partial charge in [-0.2, -0.15) is 0 Å². The Hall–Kier alpha value is -0.290. The Labute approximate surface area is 80.3 Å². The lowest BCUT2D eigenvalue weighted by molar-refractivity contribution is 0.220. The Balaban J connectivity index is 3.93. The SMILES string of the molecule is C#CCCCP(=O)(OCC)OCC. The van der Waals surface area contributed by atoms with Crippen LogP contribution in [-0.4, -0.2) is 19.4 Å². The Morgan fingerprint density at radius 3 is 2.23 bits per heavy atom. The standard InChI is InChI=1S/C9H17O3P/c1-4-7-8-9-13(10,11-5-2)12-6-3/h1H,5-9H2,2-3H3. The van der Waals surface area contributed by atoms with Crippen molar-refractivity contribution in [1.82, 2.24) is 0 Å². The molecule has 0 heterocycles. The van der Waals surface area contributed by atoms with Gasteiger partial charge in [-0.05, 0) is 20.3 Å². The van der Waals surface area contributed by atoms with Crippen molar-refractivity contribution in [3.05, 3.63) is 0 Å². The van der Waals surface area contributed by atoms with Gasteiger partial charge in [0.05, 0.1) is 19.4 Å². The maximum Gasteiger partial charge on any atom is 0.330 e. The lowest BCUT2D eigenvalue weighted by atomic mass is 10.4. The van der Waals surface area contributed by atoms with Crippen molar-refractivity contribution in [3.8, 4) is 12.3 Å². The number of hydrogen-bond acceptors (Lipinski definition) is 3. The zero-order valence-corrected chi connectivity index (χ0v) is 9.18. The summed E-state index contributed by atoms with van der Waals surface area (Å²) in [5.74, 6) is 2.49. The van der Waals surface area contributed by atoms with E-state index < -0.39 is 7.60 Å². The Bertz CT molecular complexity index is 197. The second-order valence-electron chi connectivity index (χ2n) is 2.48. The van der Waals surface area contributed by atoms with Crippen molar-refractivity contribution >= 4 is 7.60 Å². The van der Waals surface area contributed by atoms with E-state index >= 15 is 0 Å². The highest BCUT2D eigenvalue weighted by Gasteiger charge is 2.21. The van der Waals surface area contributed by atoms with Crippen LogP contribution in [0.5, 0.6) is 0 Å². The average molecular weight is 204 g/mol. The third-order valence-corrected chi connectivity index (χ3v) is 3.57. The van der Waals surface area contributed by atoms with Crippen LogP contribution in [0.15, 0.2) is 0 Å². The quantitative estimate of drug-likeness (QED) is 0.363. The van der Waals surface area contributed by atoms with Crippen LogP contribution in [0.25, 0.3) is 0 Å². The van der Waals surface area contributed by atoms with E-state index in [1.54, 1.807) is 13.8 Å². The minimum atomic E-state index is -2.84. The van der Waals surface area contributed by atoms with E-state index in [0.717, 1.165) is 0 Å². The number of rotatable bonds is 7. The highest BCUT2D eigenvalue weighted by molar-refractivity contribution is 7.53. The summed E-state index contributed by atoms with van der Waals surface area (Å²) in [7, 11) is -2.84. The van der Waals surface area contributed by atoms with Crippen LogP contribution in [-0.2, 0) is 13.6 Å². The second kappa shape index (κ2) is 7.15. The molecule has 0 amide bonds. The van der Waals surface area contributed by atoms with Crippen molar-refractivity contribution in [2.45, 2.75) is 26.7 Å². The minimum absolute atomic E-state index is 0.410. The molecule has 4 heteroatoms. The molecular weight excluding hydrogens is 187 g/mol. The molecule has 0 aromatic rings. The van der Waals surface area contributed by atoms with Crippen LogP contribution in [0.3, 0.4) is 0 Å². The first kappa shape index (κ1) is 12.7. The summed E-state index contributed by atoms with van der Waals surface area (Å²) in [4.78, 5) is 0. The Morgan fingerprint density at radius 1 is 1.31 bits per heavy atom. The third kappa shape index (κ3) is 5.87. The summed E-state index contributed by atoms with van der Waals surface area (Å²) in [5.41, 5.74) is 0. The van der Waals surface area contributed by atoms with Crippen molar-refractivity contribution in [3.63, 3.8) is 0 Å². The minimum Gasteiger partial charge on any atom is -0.309 e. The second-order valence-corrected chi connectivity index (χ2v) is 4.66. The van der Waals surface area contributed by atoms with Gasteiger partial charge in [-0.15, -0.1) is 12.3 Å². The van der Waals surface area contributed by atoms with Crippen molar-refractivity contribution in [1.29, 1.82) is 0 Å². The van der Waals surface area contributed by atoms with Gasteiger partial charge in [0.25, 0.3) is 0 Å². The number of hydrogen-bond donors (Lipinski definition) is 0. The largest absolute Gasteiger partial charge is 0.330 e. The van der Waals surface area contributed by atoms with E-state index in [4.69, 9.17) is 15.5 Å². The molecule has 0 spiro atoms. The lowest BCUT2D eigenvalue weighted by Gasteiger charge is -2.15. The predicted octanol–water partition coefficient (Wildman–Crippen LogP) is 2.67. The molecule has 0 unspecified atom stereocenters. The zero-order chi connectivity index (χ0) is 10.2. The van der Waals surface area contributed by atoms with Crippen molar-refractivity contribution in [2.24, 2.45) is 0 Å². The van der Waals surface area contributed by atoms with E-state index in [1.165, 1.54) is 0 Å². The molecule has 0 fully saturated rings. The zero-order valence-electron chi connectivity index (χ0n) is 8.28. The van der Waals surface area contributed by atoms with Crippen LogP contribution < -0.4 is 0 Å². The van der Waals surface area contributed by atoms with Gasteiger partial charge < -0.3 is 9.05 Å². The highest BCUT2D eigenvalue weighted by Crippen LogP contribution is 2.48. The van der Waals surface area contributed by atoms with E-state index in [0.29, 0.717) is 32.2 Å². The molecule has 0 rings (SSSR count). The van der Waals surface area contributed by atoms with Gasteiger partial charge in [-0.3, -0.25) is 4.57 Å². The number of unbranched alkanes of at least 4 members (excludes halogenated alkanes) is 1. The summed E-state index contributed by atoms with van der Waals surface area (Å²) in [5, 5.41) is 0.